The number of aryl methyl sites for hydroxylation is 1. The van der Waals surface area contributed by atoms with Gasteiger partial charge < -0.3 is 19.8 Å². The van der Waals surface area contributed by atoms with Crippen molar-refractivity contribution >= 4 is 17.2 Å². The van der Waals surface area contributed by atoms with E-state index in [0.29, 0.717) is 12.5 Å². The number of nitrogens with zero attached hydrogens (tertiary/aromatic N) is 3. The molecule has 134 valence electrons. The summed E-state index contributed by atoms with van der Waals surface area (Å²) in [6.07, 6.45) is 1.20. The van der Waals surface area contributed by atoms with E-state index in [4.69, 9.17) is 0 Å². The number of aliphatic hydroxyl groups excluding tert-OH is 1. The predicted molar refractivity (Wildman–Crippen MR) is 97.6 cm³/mol. The number of hydrogen-bond donors (Lipinski definition) is 1. The number of carbonyl (C=O) groups is 1. The lowest BCUT2D eigenvalue weighted by molar-refractivity contribution is 0.0779. The highest BCUT2D eigenvalue weighted by atomic mass is 32.1. The summed E-state index contributed by atoms with van der Waals surface area (Å²) in [4.78, 5) is 20.7. The number of likely N-dealkylation sites (N-methyl/N-ethyl adjacent to an activating group) is 1. The summed E-state index contributed by atoms with van der Waals surface area (Å²) < 4.78 is 0. The van der Waals surface area contributed by atoms with E-state index in [1.54, 1.807) is 11.3 Å². The Labute approximate surface area is 148 Å². The van der Waals surface area contributed by atoms with E-state index in [2.05, 4.69) is 16.8 Å². The molecule has 0 radical (unpaired) electrons. The summed E-state index contributed by atoms with van der Waals surface area (Å²) in [6, 6.07) is 1.97. The van der Waals surface area contributed by atoms with Crippen LogP contribution in [0.1, 0.15) is 21.7 Å². The lowest BCUT2D eigenvalue weighted by Gasteiger charge is -2.26. The van der Waals surface area contributed by atoms with Crippen LogP contribution < -0.4 is 0 Å². The molecule has 3 heterocycles. The van der Waals surface area contributed by atoms with Crippen LogP contribution in [0.2, 0.25) is 0 Å². The smallest absolute Gasteiger partial charge is 0.254 e. The van der Waals surface area contributed by atoms with Crippen LogP contribution in [0.4, 0.5) is 0 Å². The van der Waals surface area contributed by atoms with E-state index in [0.717, 1.165) is 44.8 Å². The summed E-state index contributed by atoms with van der Waals surface area (Å²) in [6.45, 7) is 9.12. The second-order valence-electron chi connectivity index (χ2n) is 7.32. The summed E-state index contributed by atoms with van der Waals surface area (Å²) in [7, 11) is 2.18. The first-order valence-corrected chi connectivity index (χ1v) is 9.81. The van der Waals surface area contributed by atoms with Gasteiger partial charge >= 0.3 is 0 Å². The molecule has 0 aromatic carbocycles. The standard InChI is InChI=1S/C18H29N3O2S/c1-14-8-15(13-24-14)18(23)21-10-16(17(11-21)12-22)9-20-5-3-4-19(2)6-7-20/h8,13,16-17,22H,3-7,9-12H2,1-2H3/t16-,17-/m1/s1. The van der Waals surface area contributed by atoms with Gasteiger partial charge in [-0.1, -0.05) is 0 Å². The molecular formula is C18H29N3O2S. The fourth-order valence-corrected chi connectivity index (χ4v) is 4.55. The molecule has 5 nitrogen and oxygen atoms in total. The van der Waals surface area contributed by atoms with E-state index < -0.39 is 0 Å². The molecule has 6 heteroatoms. The second kappa shape index (κ2) is 7.95. The van der Waals surface area contributed by atoms with E-state index in [1.165, 1.54) is 11.3 Å². The first-order valence-electron chi connectivity index (χ1n) is 8.93. The van der Waals surface area contributed by atoms with E-state index in [9.17, 15) is 9.90 Å². The fourth-order valence-electron chi connectivity index (χ4n) is 3.87. The molecule has 2 atom stereocenters. The van der Waals surface area contributed by atoms with Crippen LogP contribution >= 0.6 is 11.3 Å². The third-order valence-electron chi connectivity index (χ3n) is 5.38. The van der Waals surface area contributed by atoms with Crippen LogP contribution in [0.5, 0.6) is 0 Å². The average Bonchev–Trinajstić information content (AvgIpc) is 3.12. The number of rotatable bonds is 4. The van der Waals surface area contributed by atoms with Gasteiger partial charge in [-0.05, 0) is 45.5 Å². The minimum atomic E-state index is 0.121. The topological polar surface area (TPSA) is 47.0 Å². The van der Waals surface area contributed by atoms with Crippen molar-refractivity contribution < 1.29 is 9.90 Å². The molecule has 0 aliphatic carbocycles. The maximum atomic E-state index is 12.7. The van der Waals surface area contributed by atoms with Crippen LogP contribution in [0.25, 0.3) is 0 Å². The van der Waals surface area contributed by atoms with Crippen LogP contribution in [-0.4, -0.2) is 85.2 Å². The van der Waals surface area contributed by atoms with E-state index >= 15 is 0 Å². The first-order chi connectivity index (χ1) is 11.6. The Morgan fingerprint density at radius 3 is 2.75 bits per heavy atom. The zero-order valence-corrected chi connectivity index (χ0v) is 15.6. The molecule has 1 amide bonds. The largest absolute Gasteiger partial charge is 0.396 e. The molecular weight excluding hydrogens is 322 g/mol. The van der Waals surface area contributed by atoms with Gasteiger partial charge in [0, 0.05) is 55.5 Å². The quantitative estimate of drug-likeness (QED) is 0.890. The lowest BCUT2D eigenvalue weighted by atomic mass is 9.96. The monoisotopic (exact) mass is 351 g/mol. The highest BCUT2D eigenvalue weighted by Gasteiger charge is 2.36. The number of carbonyl (C=O) groups excluding carboxylic acids is 1. The highest BCUT2D eigenvalue weighted by Crippen LogP contribution is 2.27. The van der Waals surface area contributed by atoms with Gasteiger partial charge in [-0.15, -0.1) is 11.3 Å². The fraction of sp³-hybridized carbons (Fsp3) is 0.722. The third-order valence-corrected chi connectivity index (χ3v) is 6.24. The predicted octanol–water partition coefficient (Wildman–Crippen LogP) is 1.37. The van der Waals surface area contributed by atoms with E-state index in [-0.39, 0.29) is 18.4 Å². The van der Waals surface area contributed by atoms with Crippen molar-refractivity contribution in [3.05, 3.63) is 21.9 Å². The summed E-state index contributed by atoms with van der Waals surface area (Å²) in [5.41, 5.74) is 0.797. The summed E-state index contributed by atoms with van der Waals surface area (Å²) >= 11 is 1.62. The molecule has 1 N–H and O–H groups in total. The van der Waals surface area contributed by atoms with Crippen molar-refractivity contribution in [2.75, 3.05) is 59.5 Å². The number of aliphatic hydroxyl groups is 1. The van der Waals surface area contributed by atoms with Gasteiger partial charge in [0.15, 0.2) is 0 Å². The molecule has 0 unspecified atom stereocenters. The molecule has 2 saturated heterocycles. The first kappa shape index (κ1) is 17.9. The highest BCUT2D eigenvalue weighted by molar-refractivity contribution is 7.10. The minimum Gasteiger partial charge on any atom is -0.396 e. The number of thiophene rings is 1. The van der Waals surface area contributed by atoms with Gasteiger partial charge in [0.25, 0.3) is 5.91 Å². The summed E-state index contributed by atoms with van der Waals surface area (Å²) in [5, 5.41) is 11.7. The SMILES string of the molecule is Cc1cc(C(=O)N2C[C@@H](CN3CCCN(C)CC3)[C@@H](CO)C2)cs1. The molecule has 24 heavy (non-hydrogen) atoms. The number of likely N-dealkylation sites (tertiary alicyclic amines) is 1. The molecule has 0 spiro atoms. The van der Waals surface area contributed by atoms with Gasteiger partial charge in [-0.2, -0.15) is 0 Å². The molecule has 1 aromatic rings. The van der Waals surface area contributed by atoms with Crippen molar-refractivity contribution in [2.45, 2.75) is 13.3 Å². The number of hydrogen-bond acceptors (Lipinski definition) is 5. The van der Waals surface area contributed by atoms with Crippen LogP contribution in [0.15, 0.2) is 11.4 Å². The molecule has 2 aliphatic rings. The zero-order valence-electron chi connectivity index (χ0n) is 14.8. The molecule has 2 aliphatic heterocycles. The van der Waals surface area contributed by atoms with Gasteiger partial charge in [0.2, 0.25) is 0 Å². The van der Waals surface area contributed by atoms with Gasteiger partial charge in [-0.25, -0.2) is 0 Å². The molecule has 3 rings (SSSR count). The Balaban J connectivity index is 1.60. The Hall–Kier alpha value is -0.950. The molecule has 1 aromatic heterocycles. The van der Waals surface area contributed by atoms with E-state index in [1.807, 2.05) is 23.3 Å². The Morgan fingerprint density at radius 2 is 2.04 bits per heavy atom. The van der Waals surface area contributed by atoms with Crippen molar-refractivity contribution in [2.24, 2.45) is 11.8 Å². The van der Waals surface area contributed by atoms with Crippen molar-refractivity contribution in [1.29, 1.82) is 0 Å². The van der Waals surface area contributed by atoms with Crippen LogP contribution in [-0.2, 0) is 0 Å². The maximum absolute atomic E-state index is 12.7. The van der Waals surface area contributed by atoms with Crippen molar-refractivity contribution in [3.63, 3.8) is 0 Å². The molecule has 0 bridgehead atoms. The average molecular weight is 352 g/mol. The minimum absolute atomic E-state index is 0.121. The second-order valence-corrected chi connectivity index (χ2v) is 8.43. The molecule has 2 fully saturated rings. The maximum Gasteiger partial charge on any atom is 0.254 e. The summed E-state index contributed by atoms with van der Waals surface area (Å²) in [5.74, 6) is 0.702. The van der Waals surface area contributed by atoms with Gasteiger partial charge in [0.1, 0.15) is 0 Å². The normalized spacial score (nSPS) is 26.7. The van der Waals surface area contributed by atoms with Gasteiger partial charge in [0.05, 0.1) is 5.56 Å². The Bertz CT molecular complexity index is 562. The lowest BCUT2D eigenvalue weighted by Crippen LogP contribution is -2.36. The zero-order chi connectivity index (χ0) is 17.1. The third kappa shape index (κ3) is 4.17. The van der Waals surface area contributed by atoms with Gasteiger partial charge in [-0.3, -0.25) is 4.79 Å². The van der Waals surface area contributed by atoms with Crippen molar-refractivity contribution in [3.8, 4) is 0 Å². The number of amides is 1. The Morgan fingerprint density at radius 1 is 1.25 bits per heavy atom. The van der Waals surface area contributed by atoms with Crippen LogP contribution in [0.3, 0.4) is 0 Å². The van der Waals surface area contributed by atoms with Crippen LogP contribution in [0, 0.1) is 18.8 Å². The molecule has 0 saturated carbocycles. The Kier molecular flexibility index (Phi) is 5.92. The van der Waals surface area contributed by atoms with Crippen molar-refractivity contribution in [1.82, 2.24) is 14.7 Å².